The Bertz CT molecular complexity index is 1360. The molecule has 5 heteroatoms. The van der Waals surface area contributed by atoms with Gasteiger partial charge in [0.1, 0.15) is 6.61 Å². The molecular formula is C33H32F4O. The van der Waals surface area contributed by atoms with E-state index in [4.69, 9.17) is 4.74 Å². The molecule has 38 heavy (non-hydrogen) atoms. The summed E-state index contributed by atoms with van der Waals surface area (Å²) in [5.74, 6) is -3.86. The summed E-state index contributed by atoms with van der Waals surface area (Å²) in [5.41, 5.74) is 3.70. The molecule has 0 atom stereocenters. The average Bonchev–Trinajstić information content (AvgIpc) is 2.93. The number of rotatable bonds is 11. The second-order valence-electron chi connectivity index (χ2n) is 9.53. The highest BCUT2D eigenvalue weighted by Crippen LogP contribution is 2.31. The van der Waals surface area contributed by atoms with Crippen LogP contribution in [0.4, 0.5) is 17.6 Å². The molecule has 0 aromatic heterocycles. The largest absolute Gasteiger partial charge is 0.486 e. The highest BCUT2D eigenvalue weighted by atomic mass is 19.2. The topological polar surface area (TPSA) is 9.23 Å². The first-order valence-corrected chi connectivity index (χ1v) is 13.2. The van der Waals surface area contributed by atoms with E-state index in [9.17, 15) is 17.6 Å². The Labute approximate surface area is 222 Å². The summed E-state index contributed by atoms with van der Waals surface area (Å²) >= 11 is 0. The number of hydrogen-bond donors (Lipinski definition) is 0. The lowest BCUT2D eigenvalue weighted by molar-refractivity contribution is 0.285. The van der Waals surface area contributed by atoms with E-state index < -0.39 is 23.3 Å². The predicted molar refractivity (Wildman–Crippen MR) is 145 cm³/mol. The lowest BCUT2D eigenvalue weighted by atomic mass is 9.99. The van der Waals surface area contributed by atoms with Crippen molar-refractivity contribution < 1.29 is 22.3 Å². The fourth-order valence-corrected chi connectivity index (χ4v) is 4.52. The number of ether oxygens (including phenoxy) is 1. The molecule has 4 aromatic rings. The van der Waals surface area contributed by atoms with E-state index in [0.717, 1.165) is 37.7 Å². The zero-order valence-electron chi connectivity index (χ0n) is 21.8. The molecule has 0 saturated carbocycles. The minimum atomic E-state index is -1.05. The van der Waals surface area contributed by atoms with E-state index >= 15 is 0 Å². The standard InChI is InChI=1S/C33H32F4O/c1-3-5-6-8-26-17-18-27(31(35)30(26)34)25-15-11-23(12-16-25)21-38-29-20-19-28(32(36)33(29)37)24-13-9-22(7-4-2)10-14-24/h9-20H,3-8,21H2,1-2H3. The summed E-state index contributed by atoms with van der Waals surface area (Å²) < 4.78 is 64.4. The van der Waals surface area contributed by atoms with Crippen LogP contribution in [-0.4, -0.2) is 0 Å². The molecule has 1 nitrogen and oxygen atoms in total. The lowest BCUT2D eigenvalue weighted by Gasteiger charge is -2.12. The van der Waals surface area contributed by atoms with Crippen molar-refractivity contribution in [3.63, 3.8) is 0 Å². The Morgan fingerprint density at radius 2 is 1.11 bits per heavy atom. The van der Waals surface area contributed by atoms with Crippen LogP contribution in [0.25, 0.3) is 22.3 Å². The van der Waals surface area contributed by atoms with E-state index in [0.29, 0.717) is 28.7 Å². The second kappa shape index (κ2) is 12.8. The fourth-order valence-electron chi connectivity index (χ4n) is 4.52. The predicted octanol–water partition coefficient (Wildman–Crippen LogP) is 9.84. The maximum atomic E-state index is 14.8. The molecule has 0 aliphatic heterocycles. The van der Waals surface area contributed by atoms with Crippen LogP contribution in [0.1, 0.15) is 56.2 Å². The maximum absolute atomic E-state index is 14.8. The van der Waals surface area contributed by atoms with Crippen molar-refractivity contribution in [2.75, 3.05) is 0 Å². The van der Waals surface area contributed by atoms with Crippen molar-refractivity contribution in [2.24, 2.45) is 0 Å². The number of aryl methyl sites for hydroxylation is 2. The Morgan fingerprint density at radius 3 is 1.71 bits per heavy atom. The van der Waals surface area contributed by atoms with Crippen molar-refractivity contribution in [3.05, 3.63) is 113 Å². The van der Waals surface area contributed by atoms with Gasteiger partial charge in [0.15, 0.2) is 23.2 Å². The third-order valence-electron chi connectivity index (χ3n) is 6.72. The van der Waals surface area contributed by atoms with E-state index in [1.807, 2.05) is 12.1 Å². The Hall–Kier alpha value is -3.60. The van der Waals surface area contributed by atoms with Crippen LogP contribution < -0.4 is 4.74 Å². The van der Waals surface area contributed by atoms with E-state index in [1.165, 1.54) is 12.1 Å². The van der Waals surface area contributed by atoms with Crippen molar-refractivity contribution in [1.29, 1.82) is 0 Å². The summed E-state index contributed by atoms with van der Waals surface area (Å²) in [5, 5.41) is 0. The smallest absolute Gasteiger partial charge is 0.201 e. The first kappa shape index (κ1) is 27.4. The lowest BCUT2D eigenvalue weighted by Crippen LogP contribution is -2.01. The second-order valence-corrected chi connectivity index (χ2v) is 9.53. The molecule has 198 valence electrons. The number of halogens is 4. The maximum Gasteiger partial charge on any atom is 0.201 e. The molecule has 0 N–H and O–H groups in total. The monoisotopic (exact) mass is 520 g/mol. The molecule has 0 aliphatic carbocycles. The van der Waals surface area contributed by atoms with Gasteiger partial charge >= 0.3 is 0 Å². The number of unbranched alkanes of at least 4 members (excludes halogenated alkanes) is 2. The first-order valence-electron chi connectivity index (χ1n) is 13.2. The van der Waals surface area contributed by atoms with Gasteiger partial charge in [-0.1, -0.05) is 93.8 Å². The minimum Gasteiger partial charge on any atom is -0.486 e. The zero-order chi connectivity index (χ0) is 27.1. The molecule has 0 amide bonds. The van der Waals surface area contributed by atoms with Crippen LogP contribution in [0.15, 0.2) is 72.8 Å². The van der Waals surface area contributed by atoms with Gasteiger partial charge in [0.2, 0.25) is 5.82 Å². The van der Waals surface area contributed by atoms with E-state index in [2.05, 4.69) is 13.8 Å². The fraction of sp³-hybridized carbons (Fsp3) is 0.273. The normalized spacial score (nSPS) is 11.1. The van der Waals surface area contributed by atoms with Crippen molar-refractivity contribution >= 4 is 0 Å². The molecule has 0 spiro atoms. The van der Waals surface area contributed by atoms with Crippen molar-refractivity contribution in [2.45, 2.75) is 59.0 Å². The van der Waals surface area contributed by atoms with Crippen LogP contribution >= 0.6 is 0 Å². The SMILES string of the molecule is CCCCCc1ccc(-c2ccc(COc3ccc(-c4ccc(CCC)cc4)c(F)c3F)cc2)c(F)c1F. The quantitative estimate of drug-likeness (QED) is 0.141. The molecule has 0 bridgehead atoms. The van der Waals surface area contributed by atoms with Gasteiger partial charge in [-0.05, 0) is 59.2 Å². The van der Waals surface area contributed by atoms with Crippen molar-refractivity contribution in [3.8, 4) is 28.0 Å². The van der Waals surface area contributed by atoms with E-state index in [-0.39, 0.29) is 23.5 Å². The molecule has 0 radical (unpaired) electrons. The zero-order valence-corrected chi connectivity index (χ0v) is 21.8. The first-order chi connectivity index (χ1) is 18.4. The summed E-state index contributed by atoms with van der Waals surface area (Å²) in [7, 11) is 0. The van der Waals surface area contributed by atoms with Crippen LogP contribution in [-0.2, 0) is 19.4 Å². The van der Waals surface area contributed by atoms with Gasteiger partial charge in [-0.3, -0.25) is 0 Å². The van der Waals surface area contributed by atoms with Crippen molar-refractivity contribution in [1.82, 2.24) is 0 Å². The minimum absolute atomic E-state index is 0.00505. The third-order valence-corrected chi connectivity index (χ3v) is 6.72. The number of benzene rings is 4. The van der Waals surface area contributed by atoms with Gasteiger partial charge < -0.3 is 4.74 Å². The van der Waals surface area contributed by atoms with E-state index in [1.54, 1.807) is 48.5 Å². The van der Waals surface area contributed by atoms with Gasteiger partial charge in [-0.25, -0.2) is 13.2 Å². The van der Waals surface area contributed by atoms with Gasteiger partial charge in [-0.15, -0.1) is 0 Å². The Morgan fingerprint density at radius 1 is 0.526 bits per heavy atom. The molecule has 0 heterocycles. The average molecular weight is 521 g/mol. The van der Waals surface area contributed by atoms with Crippen LogP contribution in [0.5, 0.6) is 5.75 Å². The highest BCUT2D eigenvalue weighted by molar-refractivity contribution is 5.66. The van der Waals surface area contributed by atoms with Gasteiger partial charge in [-0.2, -0.15) is 4.39 Å². The van der Waals surface area contributed by atoms with Crippen LogP contribution in [0, 0.1) is 23.3 Å². The molecule has 0 unspecified atom stereocenters. The van der Waals surface area contributed by atoms with Crippen LogP contribution in [0.3, 0.4) is 0 Å². The highest BCUT2D eigenvalue weighted by Gasteiger charge is 2.17. The summed E-state index contributed by atoms with van der Waals surface area (Å²) in [6, 6.07) is 20.3. The molecular weight excluding hydrogens is 488 g/mol. The van der Waals surface area contributed by atoms with Crippen LogP contribution in [0.2, 0.25) is 0 Å². The molecule has 0 saturated heterocycles. The Kier molecular flexibility index (Phi) is 9.22. The van der Waals surface area contributed by atoms with Gasteiger partial charge in [0.25, 0.3) is 0 Å². The van der Waals surface area contributed by atoms with Gasteiger partial charge in [0, 0.05) is 11.1 Å². The molecule has 0 fully saturated rings. The van der Waals surface area contributed by atoms with Gasteiger partial charge in [0.05, 0.1) is 0 Å². The molecule has 0 aliphatic rings. The summed E-state index contributed by atoms with van der Waals surface area (Å²) in [6.07, 6.45) is 5.26. The molecule has 4 rings (SSSR count). The summed E-state index contributed by atoms with van der Waals surface area (Å²) in [6.45, 7) is 4.15. The summed E-state index contributed by atoms with van der Waals surface area (Å²) in [4.78, 5) is 0. The Balaban J connectivity index is 1.43. The molecule has 4 aromatic carbocycles. The number of hydrogen-bond acceptors (Lipinski definition) is 1. The third kappa shape index (κ3) is 6.27.